The Hall–Kier alpha value is -1.63. The van der Waals surface area contributed by atoms with E-state index in [0.29, 0.717) is 24.2 Å². The lowest BCUT2D eigenvalue weighted by atomic mass is 9.68. The molecule has 2 rings (SSSR count). The number of carbonyl (C=O) groups is 1. The maximum Gasteiger partial charge on any atom is 0.453 e. The SMILES string of the molecule is CCCC(C1CCC(CC(N)=O)CC1)C(C)c1cccc(OC(O)(O)O)c1C. The number of benzene rings is 1. The van der Waals surface area contributed by atoms with E-state index in [9.17, 15) is 4.79 Å². The molecule has 0 bridgehead atoms. The van der Waals surface area contributed by atoms with Gasteiger partial charge in [0.25, 0.3) is 0 Å². The van der Waals surface area contributed by atoms with Crippen molar-refractivity contribution < 1.29 is 24.9 Å². The number of rotatable bonds is 9. The number of ether oxygens (including phenoxy) is 1. The standard InChI is InChI=1S/C22H35NO5/c1-4-6-19(17-11-9-16(10-12-17)13-21(23)24)14(2)18-7-5-8-20(15(18)3)28-22(25,26)27/h5,7-8,14,16-17,19,25-27H,4,6,9-13H2,1-3H3,(H2,23,24). The fourth-order valence-electron chi connectivity index (χ4n) is 4.95. The molecule has 1 aromatic carbocycles. The van der Waals surface area contributed by atoms with E-state index in [1.165, 1.54) is 0 Å². The van der Waals surface area contributed by atoms with Crippen LogP contribution in [-0.4, -0.2) is 27.4 Å². The van der Waals surface area contributed by atoms with Crippen LogP contribution in [0.15, 0.2) is 18.2 Å². The van der Waals surface area contributed by atoms with Crippen LogP contribution in [0.1, 0.15) is 75.8 Å². The second-order valence-corrected chi connectivity index (χ2v) is 8.34. The summed E-state index contributed by atoms with van der Waals surface area (Å²) in [5, 5.41) is 27.5. The molecule has 0 saturated heterocycles. The van der Waals surface area contributed by atoms with Gasteiger partial charge < -0.3 is 25.8 Å². The summed E-state index contributed by atoms with van der Waals surface area (Å²) in [6.07, 6.45) is 3.82. The van der Waals surface area contributed by atoms with Gasteiger partial charge in [-0.3, -0.25) is 4.79 Å². The highest BCUT2D eigenvalue weighted by Crippen LogP contribution is 2.44. The van der Waals surface area contributed by atoms with E-state index in [1.807, 2.05) is 19.1 Å². The quantitative estimate of drug-likeness (QED) is 0.481. The Morgan fingerprint density at radius 3 is 2.43 bits per heavy atom. The van der Waals surface area contributed by atoms with Gasteiger partial charge >= 0.3 is 6.16 Å². The van der Waals surface area contributed by atoms with Crippen molar-refractivity contribution >= 4 is 5.91 Å². The van der Waals surface area contributed by atoms with E-state index in [0.717, 1.165) is 49.7 Å². The van der Waals surface area contributed by atoms with Crippen molar-refractivity contribution in [1.82, 2.24) is 0 Å². The minimum atomic E-state index is -3.19. The summed E-state index contributed by atoms with van der Waals surface area (Å²) in [5.41, 5.74) is 7.26. The lowest BCUT2D eigenvalue weighted by Crippen LogP contribution is -2.35. The molecule has 158 valence electrons. The highest BCUT2D eigenvalue weighted by molar-refractivity contribution is 5.73. The van der Waals surface area contributed by atoms with Crippen LogP contribution in [0.5, 0.6) is 5.75 Å². The minimum absolute atomic E-state index is 0.206. The Morgan fingerprint density at radius 2 is 1.89 bits per heavy atom. The third-order valence-corrected chi connectivity index (χ3v) is 6.31. The number of hydrogen-bond donors (Lipinski definition) is 4. The second kappa shape index (κ2) is 9.72. The Bertz CT molecular complexity index is 647. The molecule has 0 spiro atoms. The monoisotopic (exact) mass is 393 g/mol. The van der Waals surface area contributed by atoms with E-state index >= 15 is 0 Å². The van der Waals surface area contributed by atoms with Crippen LogP contribution in [0.4, 0.5) is 0 Å². The molecule has 1 saturated carbocycles. The van der Waals surface area contributed by atoms with Crippen molar-refractivity contribution in [2.75, 3.05) is 0 Å². The minimum Gasteiger partial charge on any atom is -0.417 e. The molecule has 2 atom stereocenters. The lowest BCUT2D eigenvalue weighted by Gasteiger charge is -2.37. The van der Waals surface area contributed by atoms with E-state index in [2.05, 4.69) is 13.8 Å². The molecule has 6 nitrogen and oxygen atoms in total. The molecule has 1 aliphatic rings. The predicted molar refractivity (Wildman–Crippen MR) is 107 cm³/mol. The topological polar surface area (TPSA) is 113 Å². The molecule has 0 aromatic heterocycles. The first-order valence-corrected chi connectivity index (χ1v) is 10.4. The summed E-state index contributed by atoms with van der Waals surface area (Å²) >= 11 is 0. The molecular weight excluding hydrogens is 358 g/mol. The predicted octanol–water partition coefficient (Wildman–Crippen LogP) is 3.16. The fraction of sp³-hybridized carbons (Fsp3) is 0.682. The molecule has 0 heterocycles. The molecule has 2 unspecified atom stereocenters. The maximum atomic E-state index is 11.2. The highest BCUT2D eigenvalue weighted by Gasteiger charge is 2.32. The van der Waals surface area contributed by atoms with Gasteiger partial charge in [-0.15, -0.1) is 0 Å². The number of hydrogen-bond acceptors (Lipinski definition) is 5. The van der Waals surface area contributed by atoms with Gasteiger partial charge in [-0.1, -0.05) is 32.4 Å². The average Bonchev–Trinajstić information content (AvgIpc) is 2.60. The van der Waals surface area contributed by atoms with E-state index in [1.54, 1.807) is 6.07 Å². The smallest absolute Gasteiger partial charge is 0.417 e. The zero-order valence-electron chi connectivity index (χ0n) is 17.2. The summed E-state index contributed by atoms with van der Waals surface area (Å²) in [5.74, 6) is 1.83. The average molecular weight is 394 g/mol. The second-order valence-electron chi connectivity index (χ2n) is 8.34. The summed E-state index contributed by atoms with van der Waals surface area (Å²) in [7, 11) is 0. The third kappa shape index (κ3) is 6.19. The Kier molecular flexibility index (Phi) is 7.87. The van der Waals surface area contributed by atoms with Crippen molar-refractivity contribution in [2.24, 2.45) is 23.5 Å². The number of carbonyl (C=O) groups excluding carboxylic acids is 1. The molecule has 28 heavy (non-hydrogen) atoms. The first-order valence-electron chi connectivity index (χ1n) is 10.4. The van der Waals surface area contributed by atoms with Crippen LogP contribution in [0, 0.1) is 24.7 Å². The molecule has 5 N–H and O–H groups in total. The van der Waals surface area contributed by atoms with Crippen LogP contribution in [0.2, 0.25) is 0 Å². The van der Waals surface area contributed by atoms with Gasteiger partial charge in [0.2, 0.25) is 5.91 Å². The summed E-state index contributed by atoms with van der Waals surface area (Å²) in [6.45, 7) is 6.29. The Morgan fingerprint density at radius 1 is 1.25 bits per heavy atom. The molecule has 6 heteroatoms. The van der Waals surface area contributed by atoms with E-state index in [4.69, 9.17) is 25.8 Å². The fourth-order valence-corrected chi connectivity index (χ4v) is 4.95. The largest absolute Gasteiger partial charge is 0.453 e. The first kappa shape index (κ1) is 22.7. The summed E-state index contributed by atoms with van der Waals surface area (Å²) in [6, 6.07) is 5.47. The van der Waals surface area contributed by atoms with Gasteiger partial charge in [-0.25, -0.2) is 0 Å². The normalized spacial score (nSPS) is 22.5. The van der Waals surface area contributed by atoms with Crippen LogP contribution in [0.3, 0.4) is 0 Å². The van der Waals surface area contributed by atoms with E-state index < -0.39 is 6.16 Å². The van der Waals surface area contributed by atoms with E-state index in [-0.39, 0.29) is 17.6 Å². The first-order chi connectivity index (χ1) is 13.1. The van der Waals surface area contributed by atoms with Crippen molar-refractivity contribution in [3.63, 3.8) is 0 Å². The van der Waals surface area contributed by atoms with Gasteiger partial charge in [-0.05, 0) is 79.9 Å². The van der Waals surface area contributed by atoms with Crippen LogP contribution in [0.25, 0.3) is 0 Å². The maximum absolute atomic E-state index is 11.2. The number of amides is 1. The van der Waals surface area contributed by atoms with Gasteiger partial charge in [-0.2, -0.15) is 0 Å². The summed E-state index contributed by atoms with van der Waals surface area (Å²) in [4.78, 5) is 11.2. The van der Waals surface area contributed by atoms with Crippen LogP contribution in [-0.2, 0) is 4.79 Å². The van der Waals surface area contributed by atoms with Crippen molar-refractivity contribution in [1.29, 1.82) is 0 Å². The van der Waals surface area contributed by atoms with Crippen LogP contribution >= 0.6 is 0 Å². The number of nitrogens with two attached hydrogens (primary N) is 1. The molecule has 0 aliphatic heterocycles. The molecule has 1 fully saturated rings. The lowest BCUT2D eigenvalue weighted by molar-refractivity contribution is -0.419. The number of aliphatic hydroxyl groups is 3. The summed E-state index contributed by atoms with van der Waals surface area (Å²) < 4.78 is 4.88. The van der Waals surface area contributed by atoms with Crippen LogP contribution < -0.4 is 10.5 Å². The Balaban J connectivity index is 2.16. The molecule has 1 aromatic rings. The number of primary amides is 1. The molecule has 1 aliphatic carbocycles. The Labute approximate surface area is 167 Å². The molecular formula is C22H35NO5. The van der Waals surface area contributed by atoms with Gasteiger partial charge in [0.1, 0.15) is 5.75 Å². The third-order valence-electron chi connectivity index (χ3n) is 6.31. The molecule has 0 radical (unpaired) electrons. The van der Waals surface area contributed by atoms with Crippen molar-refractivity contribution in [3.8, 4) is 5.75 Å². The van der Waals surface area contributed by atoms with Crippen molar-refractivity contribution in [2.45, 2.75) is 77.8 Å². The molecule has 1 amide bonds. The highest BCUT2D eigenvalue weighted by atomic mass is 16.9. The zero-order chi connectivity index (χ0) is 20.9. The van der Waals surface area contributed by atoms with Gasteiger partial charge in [0.05, 0.1) is 0 Å². The van der Waals surface area contributed by atoms with Gasteiger partial charge in [0.15, 0.2) is 0 Å². The van der Waals surface area contributed by atoms with Gasteiger partial charge in [0, 0.05) is 6.42 Å². The van der Waals surface area contributed by atoms with Crippen molar-refractivity contribution in [3.05, 3.63) is 29.3 Å². The zero-order valence-corrected chi connectivity index (χ0v) is 17.2.